The molecule has 0 saturated heterocycles. The van der Waals surface area contributed by atoms with Gasteiger partial charge in [0.2, 0.25) is 0 Å². The van der Waals surface area contributed by atoms with Crippen LogP contribution >= 0.6 is 10.7 Å². The van der Waals surface area contributed by atoms with Gasteiger partial charge in [0, 0.05) is 29.8 Å². The molecule has 0 radical (unpaired) electrons. The first kappa shape index (κ1) is 15.1. The van der Waals surface area contributed by atoms with Crippen LogP contribution in [-0.4, -0.2) is 27.7 Å². The molecule has 110 valence electrons. The van der Waals surface area contributed by atoms with Gasteiger partial charge in [-0.25, -0.2) is 13.4 Å². The van der Waals surface area contributed by atoms with Gasteiger partial charge in [0.25, 0.3) is 9.05 Å². The van der Waals surface area contributed by atoms with E-state index in [1.54, 1.807) is 4.57 Å². The van der Waals surface area contributed by atoms with Crippen molar-refractivity contribution in [1.29, 1.82) is 0 Å². The molecule has 0 aromatic carbocycles. The molecule has 6 nitrogen and oxygen atoms in total. The Balaban J connectivity index is 2.40. The number of aromatic nitrogens is 4. The van der Waals surface area contributed by atoms with E-state index in [-0.39, 0.29) is 5.03 Å². The van der Waals surface area contributed by atoms with Gasteiger partial charge in [0.15, 0.2) is 5.03 Å². The summed E-state index contributed by atoms with van der Waals surface area (Å²) in [6, 6.07) is 1.98. The second-order valence-corrected chi connectivity index (χ2v) is 7.02. The quantitative estimate of drug-likeness (QED) is 0.790. The number of nitrogens with zero attached hydrogens (tertiary/aromatic N) is 4. The molecule has 2 rings (SSSR count). The van der Waals surface area contributed by atoms with Crippen LogP contribution in [0, 0.1) is 6.92 Å². The van der Waals surface area contributed by atoms with E-state index < -0.39 is 9.05 Å². The van der Waals surface area contributed by atoms with Crippen molar-refractivity contribution >= 4 is 19.7 Å². The van der Waals surface area contributed by atoms with E-state index in [4.69, 9.17) is 10.7 Å². The first-order chi connectivity index (χ1) is 9.35. The average Bonchev–Trinajstić information content (AvgIpc) is 2.92. The molecule has 0 spiro atoms. The van der Waals surface area contributed by atoms with Gasteiger partial charge < -0.3 is 4.57 Å². The molecule has 2 heterocycles. The molecule has 20 heavy (non-hydrogen) atoms. The predicted molar refractivity (Wildman–Crippen MR) is 76.4 cm³/mol. The lowest BCUT2D eigenvalue weighted by molar-refractivity contribution is 0.589. The molecule has 0 saturated carbocycles. The summed E-state index contributed by atoms with van der Waals surface area (Å²) >= 11 is 0. The highest BCUT2D eigenvalue weighted by Crippen LogP contribution is 2.16. The average molecular weight is 317 g/mol. The van der Waals surface area contributed by atoms with Crippen LogP contribution in [0.2, 0.25) is 0 Å². The SMILES string of the molecule is CCc1nc(S(=O)(=O)Cl)cn1Cc1cc(C)nn1CC. The molecule has 8 heteroatoms. The smallest absolute Gasteiger partial charge is 0.280 e. The molecule has 0 unspecified atom stereocenters. The Hall–Kier alpha value is -1.34. The van der Waals surface area contributed by atoms with Crippen molar-refractivity contribution in [2.75, 3.05) is 0 Å². The minimum absolute atomic E-state index is 0.102. The molecular weight excluding hydrogens is 300 g/mol. The number of hydrogen-bond donors (Lipinski definition) is 0. The van der Waals surface area contributed by atoms with E-state index in [0.29, 0.717) is 18.8 Å². The molecule has 0 atom stereocenters. The van der Waals surface area contributed by atoms with Gasteiger partial charge >= 0.3 is 0 Å². The summed E-state index contributed by atoms with van der Waals surface area (Å²) in [5.74, 6) is 0.686. The van der Waals surface area contributed by atoms with Gasteiger partial charge in [0.1, 0.15) is 5.82 Å². The van der Waals surface area contributed by atoms with Crippen molar-refractivity contribution < 1.29 is 8.42 Å². The van der Waals surface area contributed by atoms with Crippen LogP contribution in [0.25, 0.3) is 0 Å². The summed E-state index contributed by atoms with van der Waals surface area (Å²) in [5, 5.41) is 4.27. The van der Waals surface area contributed by atoms with Crippen molar-refractivity contribution in [3.05, 3.63) is 29.5 Å². The third-order valence-corrected chi connectivity index (χ3v) is 4.19. The number of hydrogen-bond acceptors (Lipinski definition) is 4. The Morgan fingerprint density at radius 1 is 1.35 bits per heavy atom. The van der Waals surface area contributed by atoms with Gasteiger partial charge in [0.05, 0.1) is 17.9 Å². The molecular formula is C12H17ClN4O2S. The summed E-state index contributed by atoms with van der Waals surface area (Å²) < 4.78 is 26.4. The zero-order chi connectivity index (χ0) is 14.9. The molecule has 0 fully saturated rings. The number of halogens is 1. The molecule has 0 aliphatic carbocycles. The third-order valence-electron chi connectivity index (χ3n) is 3.02. The number of rotatable bonds is 5. The first-order valence-electron chi connectivity index (χ1n) is 6.39. The third kappa shape index (κ3) is 3.04. The van der Waals surface area contributed by atoms with Crippen molar-refractivity contribution in [2.45, 2.75) is 45.3 Å². The second kappa shape index (κ2) is 5.57. The first-order valence-corrected chi connectivity index (χ1v) is 8.70. The van der Waals surface area contributed by atoms with Crippen molar-refractivity contribution in [2.24, 2.45) is 0 Å². The fourth-order valence-corrected chi connectivity index (χ4v) is 2.83. The molecule has 0 aliphatic heterocycles. The lowest BCUT2D eigenvalue weighted by Gasteiger charge is -2.07. The van der Waals surface area contributed by atoms with Gasteiger partial charge in [-0.15, -0.1) is 0 Å². The molecule has 0 aliphatic rings. The minimum Gasteiger partial charge on any atom is -0.328 e. The maximum atomic E-state index is 11.4. The van der Waals surface area contributed by atoms with E-state index in [1.807, 2.05) is 31.5 Å². The fraction of sp³-hybridized carbons (Fsp3) is 0.500. The van der Waals surface area contributed by atoms with Crippen LogP contribution in [-0.2, 0) is 28.6 Å². The van der Waals surface area contributed by atoms with E-state index in [2.05, 4.69) is 10.1 Å². The summed E-state index contributed by atoms with van der Waals surface area (Å²) in [4.78, 5) is 4.07. The number of aryl methyl sites for hydroxylation is 3. The highest BCUT2D eigenvalue weighted by atomic mass is 35.7. The molecule has 0 amide bonds. The van der Waals surface area contributed by atoms with Crippen molar-refractivity contribution in [3.63, 3.8) is 0 Å². The van der Waals surface area contributed by atoms with Crippen molar-refractivity contribution in [3.8, 4) is 0 Å². The zero-order valence-electron chi connectivity index (χ0n) is 11.7. The van der Waals surface area contributed by atoms with Gasteiger partial charge in [-0.05, 0) is 19.9 Å². The standard InChI is InChI=1S/C12H17ClN4O2S/c1-4-11-14-12(20(13,18)19)8-16(11)7-10-6-9(3)15-17(10)5-2/h6,8H,4-5,7H2,1-3H3. The lowest BCUT2D eigenvalue weighted by Crippen LogP contribution is -2.09. The Morgan fingerprint density at radius 2 is 2.05 bits per heavy atom. The van der Waals surface area contributed by atoms with E-state index in [0.717, 1.165) is 17.9 Å². The van der Waals surface area contributed by atoms with Gasteiger partial charge in [-0.3, -0.25) is 4.68 Å². The molecule has 2 aromatic heterocycles. The zero-order valence-corrected chi connectivity index (χ0v) is 13.2. The Kier molecular flexibility index (Phi) is 4.19. The fourth-order valence-electron chi connectivity index (χ4n) is 2.14. The van der Waals surface area contributed by atoms with Crippen LogP contribution in [0.5, 0.6) is 0 Å². The van der Waals surface area contributed by atoms with Crippen LogP contribution in [0.3, 0.4) is 0 Å². The lowest BCUT2D eigenvalue weighted by atomic mass is 10.3. The maximum absolute atomic E-state index is 11.4. The maximum Gasteiger partial charge on any atom is 0.280 e. The topological polar surface area (TPSA) is 69.8 Å². The van der Waals surface area contributed by atoms with Gasteiger partial charge in [-0.2, -0.15) is 5.10 Å². The largest absolute Gasteiger partial charge is 0.328 e. The molecule has 0 N–H and O–H groups in total. The Labute approximate surface area is 122 Å². The minimum atomic E-state index is -3.80. The van der Waals surface area contributed by atoms with E-state index >= 15 is 0 Å². The monoisotopic (exact) mass is 316 g/mol. The summed E-state index contributed by atoms with van der Waals surface area (Å²) in [7, 11) is 1.55. The van der Waals surface area contributed by atoms with E-state index in [1.165, 1.54) is 6.20 Å². The van der Waals surface area contributed by atoms with Crippen LogP contribution in [0.1, 0.15) is 31.1 Å². The predicted octanol–water partition coefficient (Wildman–Crippen LogP) is 1.95. The van der Waals surface area contributed by atoms with Gasteiger partial charge in [-0.1, -0.05) is 6.92 Å². The Bertz CT molecular complexity index is 718. The number of imidazole rings is 1. The van der Waals surface area contributed by atoms with Crippen LogP contribution < -0.4 is 0 Å². The second-order valence-electron chi connectivity index (χ2n) is 4.51. The Morgan fingerprint density at radius 3 is 2.60 bits per heavy atom. The van der Waals surface area contributed by atoms with Crippen LogP contribution in [0.15, 0.2) is 17.3 Å². The molecule has 2 aromatic rings. The summed E-state index contributed by atoms with van der Waals surface area (Å²) in [5.41, 5.74) is 1.95. The molecule has 0 bridgehead atoms. The highest BCUT2D eigenvalue weighted by Gasteiger charge is 2.18. The van der Waals surface area contributed by atoms with E-state index in [9.17, 15) is 8.42 Å². The normalized spacial score (nSPS) is 12.0. The summed E-state index contributed by atoms with van der Waals surface area (Å²) in [6.45, 7) is 7.15. The van der Waals surface area contributed by atoms with Crippen LogP contribution in [0.4, 0.5) is 0 Å². The summed E-state index contributed by atoms with van der Waals surface area (Å²) in [6.07, 6.45) is 2.11. The van der Waals surface area contributed by atoms with Crippen molar-refractivity contribution in [1.82, 2.24) is 19.3 Å². The highest BCUT2D eigenvalue weighted by molar-refractivity contribution is 8.13.